The van der Waals surface area contributed by atoms with Gasteiger partial charge >= 0.3 is 0 Å². The van der Waals surface area contributed by atoms with Crippen molar-refractivity contribution in [2.24, 2.45) is 11.8 Å². The van der Waals surface area contributed by atoms with Gasteiger partial charge in [-0.15, -0.1) is 0 Å². The van der Waals surface area contributed by atoms with Crippen molar-refractivity contribution in [1.29, 1.82) is 0 Å². The average Bonchev–Trinajstić information content (AvgIpc) is 2.00. The van der Waals surface area contributed by atoms with Crippen LogP contribution in [0.1, 0.15) is 47.0 Å². The second kappa shape index (κ2) is 6.93. The predicted molar refractivity (Wildman–Crippen MR) is 56.5 cm³/mol. The van der Waals surface area contributed by atoms with Gasteiger partial charge in [0.1, 0.15) is 0 Å². The SMILES string of the molecule is CC(C)CCCC(=O)NCC(C)C. The maximum atomic E-state index is 11.2. The molecule has 0 heterocycles. The summed E-state index contributed by atoms with van der Waals surface area (Å²) in [6.45, 7) is 9.39. The Labute approximate surface area is 82.1 Å². The lowest BCUT2D eigenvalue weighted by Crippen LogP contribution is -2.26. The third kappa shape index (κ3) is 9.38. The molecule has 78 valence electrons. The largest absolute Gasteiger partial charge is 0.356 e. The van der Waals surface area contributed by atoms with Gasteiger partial charge in [-0.25, -0.2) is 0 Å². The summed E-state index contributed by atoms with van der Waals surface area (Å²) in [5.74, 6) is 1.46. The van der Waals surface area contributed by atoms with Crippen molar-refractivity contribution in [3.8, 4) is 0 Å². The molecule has 0 bridgehead atoms. The average molecular weight is 185 g/mol. The van der Waals surface area contributed by atoms with Crippen LogP contribution in [0.4, 0.5) is 0 Å². The van der Waals surface area contributed by atoms with Crippen molar-refractivity contribution >= 4 is 5.91 Å². The Hall–Kier alpha value is -0.530. The summed E-state index contributed by atoms with van der Waals surface area (Å²) in [5.41, 5.74) is 0. The molecule has 0 rings (SSSR count). The van der Waals surface area contributed by atoms with Gasteiger partial charge in [0.05, 0.1) is 0 Å². The van der Waals surface area contributed by atoms with Gasteiger partial charge < -0.3 is 5.32 Å². The molecule has 0 unspecified atom stereocenters. The zero-order valence-electron chi connectivity index (χ0n) is 9.39. The van der Waals surface area contributed by atoms with Gasteiger partial charge in [0.25, 0.3) is 0 Å². The van der Waals surface area contributed by atoms with E-state index in [1.807, 2.05) is 0 Å². The zero-order valence-corrected chi connectivity index (χ0v) is 9.39. The number of hydrogen-bond donors (Lipinski definition) is 1. The molecule has 0 aliphatic rings. The molecule has 0 atom stereocenters. The maximum absolute atomic E-state index is 11.2. The molecule has 0 aromatic rings. The summed E-state index contributed by atoms with van der Waals surface area (Å²) in [6, 6.07) is 0. The number of rotatable bonds is 6. The Balaban J connectivity index is 3.30. The minimum atomic E-state index is 0.203. The summed E-state index contributed by atoms with van der Waals surface area (Å²) in [5, 5.41) is 2.92. The van der Waals surface area contributed by atoms with Gasteiger partial charge in [-0.3, -0.25) is 4.79 Å². The molecule has 2 heteroatoms. The molecule has 0 spiro atoms. The molecule has 0 radical (unpaired) electrons. The first kappa shape index (κ1) is 12.5. The molecule has 2 nitrogen and oxygen atoms in total. The Morgan fingerprint density at radius 2 is 1.77 bits per heavy atom. The van der Waals surface area contributed by atoms with Crippen LogP contribution in [0.5, 0.6) is 0 Å². The Morgan fingerprint density at radius 3 is 2.23 bits per heavy atom. The second-order valence-corrected chi connectivity index (χ2v) is 4.48. The van der Waals surface area contributed by atoms with E-state index in [0.29, 0.717) is 18.3 Å². The number of carbonyl (C=O) groups is 1. The lowest BCUT2D eigenvalue weighted by Gasteiger charge is -2.08. The first-order chi connectivity index (χ1) is 6.02. The fourth-order valence-electron chi connectivity index (χ4n) is 1.08. The molecule has 1 N–H and O–H groups in total. The van der Waals surface area contributed by atoms with Crippen LogP contribution in [-0.4, -0.2) is 12.5 Å². The summed E-state index contributed by atoms with van der Waals surface area (Å²) in [7, 11) is 0. The van der Waals surface area contributed by atoms with Gasteiger partial charge in [0.2, 0.25) is 5.91 Å². The van der Waals surface area contributed by atoms with E-state index >= 15 is 0 Å². The van der Waals surface area contributed by atoms with Crippen molar-refractivity contribution in [2.75, 3.05) is 6.54 Å². The first-order valence-electron chi connectivity index (χ1n) is 5.29. The minimum Gasteiger partial charge on any atom is -0.356 e. The number of nitrogens with one attached hydrogen (secondary N) is 1. The van der Waals surface area contributed by atoms with E-state index in [1.165, 1.54) is 0 Å². The maximum Gasteiger partial charge on any atom is 0.220 e. The van der Waals surface area contributed by atoms with Gasteiger partial charge in [0.15, 0.2) is 0 Å². The van der Waals surface area contributed by atoms with Crippen LogP contribution in [-0.2, 0) is 4.79 Å². The lowest BCUT2D eigenvalue weighted by molar-refractivity contribution is -0.121. The van der Waals surface area contributed by atoms with Gasteiger partial charge in [-0.2, -0.15) is 0 Å². The fraction of sp³-hybridized carbons (Fsp3) is 0.909. The lowest BCUT2D eigenvalue weighted by atomic mass is 10.1. The summed E-state index contributed by atoms with van der Waals surface area (Å²) < 4.78 is 0. The van der Waals surface area contributed by atoms with E-state index in [9.17, 15) is 4.79 Å². The molecular formula is C11H23NO. The van der Waals surface area contributed by atoms with Gasteiger partial charge in [0, 0.05) is 13.0 Å². The predicted octanol–water partition coefficient (Wildman–Crippen LogP) is 2.58. The number of carbonyl (C=O) groups excluding carboxylic acids is 1. The van der Waals surface area contributed by atoms with Crippen LogP contribution < -0.4 is 5.32 Å². The van der Waals surface area contributed by atoms with Crippen molar-refractivity contribution in [1.82, 2.24) is 5.32 Å². The second-order valence-electron chi connectivity index (χ2n) is 4.48. The topological polar surface area (TPSA) is 29.1 Å². The molecular weight excluding hydrogens is 162 g/mol. The quantitative estimate of drug-likeness (QED) is 0.677. The van der Waals surface area contributed by atoms with E-state index in [4.69, 9.17) is 0 Å². The molecule has 0 aromatic carbocycles. The monoisotopic (exact) mass is 185 g/mol. The van der Waals surface area contributed by atoms with Crippen LogP contribution >= 0.6 is 0 Å². The van der Waals surface area contributed by atoms with Crippen molar-refractivity contribution in [3.05, 3.63) is 0 Å². The van der Waals surface area contributed by atoms with E-state index < -0.39 is 0 Å². The molecule has 0 saturated heterocycles. The summed E-state index contributed by atoms with van der Waals surface area (Å²) >= 11 is 0. The fourth-order valence-corrected chi connectivity index (χ4v) is 1.08. The molecule has 0 aliphatic carbocycles. The van der Waals surface area contributed by atoms with E-state index in [-0.39, 0.29) is 5.91 Å². The normalized spacial score (nSPS) is 10.9. The van der Waals surface area contributed by atoms with Gasteiger partial charge in [-0.1, -0.05) is 34.1 Å². The highest BCUT2D eigenvalue weighted by Crippen LogP contribution is 2.05. The van der Waals surface area contributed by atoms with E-state index in [0.717, 1.165) is 19.4 Å². The molecule has 0 fully saturated rings. The third-order valence-corrected chi connectivity index (χ3v) is 1.89. The highest BCUT2D eigenvalue weighted by molar-refractivity contribution is 5.75. The van der Waals surface area contributed by atoms with Crippen LogP contribution in [0.15, 0.2) is 0 Å². The van der Waals surface area contributed by atoms with Crippen LogP contribution in [0.3, 0.4) is 0 Å². The smallest absolute Gasteiger partial charge is 0.220 e. The molecule has 13 heavy (non-hydrogen) atoms. The van der Waals surface area contributed by atoms with Crippen LogP contribution in [0.25, 0.3) is 0 Å². The number of amides is 1. The highest BCUT2D eigenvalue weighted by atomic mass is 16.1. The van der Waals surface area contributed by atoms with Gasteiger partial charge in [-0.05, 0) is 18.3 Å². The Kier molecular flexibility index (Phi) is 6.65. The Bertz CT molecular complexity index is 141. The molecule has 0 aliphatic heterocycles. The highest BCUT2D eigenvalue weighted by Gasteiger charge is 2.02. The molecule has 0 saturated carbocycles. The first-order valence-corrected chi connectivity index (χ1v) is 5.29. The van der Waals surface area contributed by atoms with Crippen molar-refractivity contribution < 1.29 is 4.79 Å². The van der Waals surface area contributed by atoms with E-state index in [2.05, 4.69) is 33.0 Å². The summed E-state index contributed by atoms with van der Waals surface area (Å²) in [4.78, 5) is 11.2. The third-order valence-electron chi connectivity index (χ3n) is 1.89. The standard InChI is InChI=1S/C11H23NO/c1-9(2)6-5-7-11(13)12-8-10(3)4/h9-10H,5-8H2,1-4H3,(H,12,13). The Morgan fingerprint density at radius 1 is 1.15 bits per heavy atom. The van der Waals surface area contributed by atoms with Crippen molar-refractivity contribution in [3.63, 3.8) is 0 Å². The molecule has 1 amide bonds. The summed E-state index contributed by atoms with van der Waals surface area (Å²) in [6.07, 6.45) is 2.85. The van der Waals surface area contributed by atoms with Crippen LogP contribution in [0, 0.1) is 11.8 Å². The van der Waals surface area contributed by atoms with Crippen LogP contribution in [0.2, 0.25) is 0 Å². The van der Waals surface area contributed by atoms with E-state index in [1.54, 1.807) is 0 Å². The van der Waals surface area contributed by atoms with Crippen molar-refractivity contribution in [2.45, 2.75) is 47.0 Å². The zero-order chi connectivity index (χ0) is 10.3. The minimum absolute atomic E-state index is 0.203. The number of hydrogen-bond acceptors (Lipinski definition) is 1. The molecule has 0 aromatic heterocycles.